The molecule has 1 aliphatic rings. The third kappa shape index (κ3) is 4.62. The molecule has 1 saturated heterocycles. The van der Waals surface area contributed by atoms with Gasteiger partial charge in [-0.15, -0.1) is 11.3 Å². The van der Waals surface area contributed by atoms with Gasteiger partial charge >= 0.3 is 0 Å². The zero-order valence-corrected chi connectivity index (χ0v) is 19.9. The number of aryl methyl sites for hydroxylation is 3. The van der Waals surface area contributed by atoms with Gasteiger partial charge in [0.05, 0.1) is 15.7 Å². The van der Waals surface area contributed by atoms with Crippen molar-refractivity contribution in [3.63, 3.8) is 0 Å². The molecule has 4 rings (SSSR count). The highest BCUT2D eigenvalue weighted by Gasteiger charge is 2.35. The lowest BCUT2D eigenvalue weighted by molar-refractivity contribution is -0.120. The minimum Gasteiger partial charge on any atom is -0.339 e. The molecule has 3 aromatic rings. The van der Waals surface area contributed by atoms with Crippen molar-refractivity contribution in [2.24, 2.45) is 5.92 Å². The molecule has 32 heavy (non-hydrogen) atoms. The third-order valence-electron chi connectivity index (χ3n) is 5.55. The smallest absolute Gasteiger partial charge is 0.244 e. The van der Waals surface area contributed by atoms with Crippen LogP contribution in [0.4, 0.5) is 5.69 Å². The van der Waals surface area contributed by atoms with Crippen molar-refractivity contribution in [1.82, 2.24) is 14.4 Å². The van der Waals surface area contributed by atoms with Crippen LogP contribution in [-0.4, -0.2) is 41.9 Å². The largest absolute Gasteiger partial charge is 0.339 e. The Balaban J connectivity index is 1.51. The molecule has 2 aromatic heterocycles. The average Bonchev–Trinajstić information content (AvgIpc) is 3.42. The molecular weight excluding hydrogens is 448 g/mol. The predicted octanol–water partition coefficient (Wildman–Crippen LogP) is 4.02. The number of piperidine rings is 1. The van der Waals surface area contributed by atoms with Gasteiger partial charge in [-0.25, -0.2) is 8.42 Å². The number of rotatable bonds is 6. The first kappa shape index (κ1) is 22.6. The highest BCUT2D eigenvalue weighted by molar-refractivity contribution is 7.89. The molecule has 0 aliphatic carbocycles. The van der Waals surface area contributed by atoms with Crippen LogP contribution in [0, 0.1) is 19.8 Å². The molecule has 1 aromatic carbocycles. The number of aromatic nitrogens is 2. The summed E-state index contributed by atoms with van der Waals surface area (Å²) >= 11 is 1.32. The summed E-state index contributed by atoms with van der Waals surface area (Å²) in [5.74, 6) is 0.345. The standard InChI is InChI=1S/C22H26N4O4S2/c1-4-20-24-21(25-30-20)18-12-19(15(3)31-18)32(28,29)26-11-5-6-16(13-26)22(27)23-17-9-7-14(2)8-10-17/h7-10,12,16H,4-6,11,13H2,1-3H3,(H,23,27). The normalized spacial score (nSPS) is 17.4. The summed E-state index contributed by atoms with van der Waals surface area (Å²) < 4.78 is 33.4. The summed E-state index contributed by atoms with van der Waals surface area (Å²) in [7, 11) is -3.75. The number of hydrogen-bond donors (Lipinski definition) is 1. The van der Waals surface area contributed by atoms with Gasteiger partial charge in [-0.05, 0) is 44.9 Å². The summed E-state index contributed by atoms with van der Waals surface area (Å²) in [5.41, 5.74) is 1.82. The van der Waals surface area contributed by atoms with Crippen molar-refractivity contribution >= 4 is 33.0 Å². The molecule has 10 heteroatoms. The van der Waals surface area contributed by atoms with Crippen molar-refractivity contribution in [2.75, 3.05) is 18.4 Å². The van der Waals surface area contributed by atoms with Gasteiger partial charge in [0, 0.05) is 30.1 Å². The first-order chi connectivity index (χ1) is 15.3. The second-order valence-electron chi connectivity index (χ2n) is 7.95. The number of sulfonamides is 1. The molecular formula is C22H26N4O4S2. The Morgan fingerprint density at radius 1 is 1.28 bits per heavy atom. The number of thiophene rings is 1. The van der Waals surface area contributed by atoms with Crippen molar-refractivity contribution in [3.05, 3.63) is 46.7 Å². The first-order valence-electron chi connectivity index (χ1n) is 10.6. The number of carbonyl (C=O) groups is 1. The van der Waals surface area contributed by atoms with Crippen LogP contribution < -0.4 is 5.32 Å². The fraction of sp³-hybridized carbons (Fsp3) is 0.409. The fourth-order valence-corrected chi connectivity index (χ4v) is 6.74. The molecule has 170 valence electrons. The van der Waals surface area contributed by atoms with Gasteiger partial charge in [-0.1, -0.05) is 29.8 Å². The molecule has 0 radical (unpaired) electrons. The highest BCUT2D eigenvalue weighted by Crippen LogP contribution is 2.35. The lowest BCUT2D eigenvalue weighted by Gasteiger charge is -2.31. The summed E-state index contributed by atoms with van der Waals surface area (Å²) in [5, 5.41) is 6.86. The van der Waals surface area contributed by atoms with Crippen LogP contribution in [0.25, 0.3) is 10.7 Å². The number of carbonyl (C=O) groups excluding carboxylic acids is 1. The Labute approximate surface area is 191 Å². The van der Waals surface area contributed by atoms with E-state index in [9.17, 15) is 13.2 Å². The topological polar surface area (TPSA) is 105 Å². The quantitative estimate of drug-likeness (QED) is 0.579. The molecule has 1 unspecified atom stereocenters. The van der Waals surface area contributed by atoms with E-state index in [1.54, 1.807) is 13.0 Å². The van der Waals surface area contributed by atoms with Gasteiger partial charge in [0.25, 0.3) is 0 Å². The van der Waals surface area contributed by atoms with Gasteiger partial charge in [-0.2, -0.15) is 9.29 Å². The van der Waals surface area contributed by atoms with Crippen LogP contribution in [0.5, 0.6) is 0 Å². The highest BCUT2D eigenvalue weighted by atomic mass is 32.2. The Bertz CT molecular complexity index is 1220. The van der Waals surface area contributed by atoms with Crippen LogP contribution in [0.1, 0.15) is 36.1 Å². The van der Waals surface area contributed by atoms with Crippen LogP contribution in [0.3, 0.4) is 0 Å². The molecule has 1 atom stereocenters. The molecule has 1 N–H and O–H groups in total. The zero-order chi connectivity index (χ0) is 22.9. The van der Waals surface area contributed by atoms with E-state index in [2.05, 4.69) is 15.5 Å². The molecule has 1 aliphatic heterocycles. The van der Waals surface area contributed by atoms with E-state index in [0.29, 0.717) is 53.0 Å². The monoisotopic (exact) mass is 474 g/mol. The SMILES string of the molecule is CCc1nc(-c2cc(S(=O)(=O)N3CCCC(C(=O)Nc4ccc(C)cc4)C3)c(C)s2)no1. The van der Waals surface area contributed by atoms with E-state index >= 15 is 0 Å². The minimum absolute atomic E-state index is 0.157. The molecule has 0 bridgehead atoms. The Morgan fingerprint density at radius 3 is 2.72 bits per heavy atom. The number of hydrogen-bond acceptors (Lipinski definition) is 7. The van der Waals surface area contributed by atoms with Crippen molar-refractivity contribution < 1.29 is 17.7 Å². The Hall–Kier alpha value is -2.56. The van der Waals surface area contributed by atoms with E-state index < -0.39 is 15.9 Å². The second kappa shape index (κ2) is 9.13. The number of amides is 1. The Morgan fingerprint density at radius 2 is 2.03 bits per heavy atom. The Kier molecular flexibility index (Phi) is 6.45. The molecule has 1 fully saturated rings. The molecule has 0 spiro atoms. The maximum atomic E-state index is 13.4. The number of nitrogens with one attached hydrogen (secondary N) is 1. The predicted molar refractivity (Wildman–Crippen MR) is 123 cm³/mol. The number of benzene rings is 1. The minimum atomic E-state index is -3.75. The maximum Gasteiger partial charge on any atom is 0.244 e. The van der Waals surface area contributed by atoms with Gasteiger partial charge in [0.1, 0.15) is 0 Å². The van der Waals surface area contributed by atoms with Crippen LogP contribution >= 0.6 is 11.3 Å². The van der Waals surface area contributed by atoms with E-state index in [4.69, 9.17) is 4.52 Å². The molecule has 8 nitrogen and oxygen atoms in total. The van der Waals surface area contributed by atoms with Gasteiger partial charge in [0.15, 0.2) is 0 Å². The summed E-state index contributed by atoms with van der Waals surface area (Å²) in [6.45, 7) is 6.22. The molecule has 1 amide bonds. The molecule has 3 heterocycles. The fourth-order valence-electron chi connectivity index (χ4n) is 3.73. The van der Waals surface area contributed by atoms with Gasteiger partial charge in [-0.3, -0.25) is 4.79 Å². The van der Waals surface area contributed by atoms with Crippen LogP contribution in [0.2, 0.25) is 0 Å². The number of nitrogens with zero attached hydrogens (tertiary/aromatic N) is 3. The first-order valence-corrected chi connectivity index (χ1v) is 12.8. The lowest BCUT2D eigenvalue weighted by Crippen LogP contribution is -2.43. The lowest BCUT2D eigenvalue weighted by atomic mass is 9.98. The van der Waals surface area contributed by atoms with Gasteiger partial charge < -0.3 is 9.84 Å². The summed E-state index contributed by atoms with van der Waals surface area (Å²) in [6.07, 6.45) is 1.90. The van der Waals surface area contributed by atoms with E-state index in [1.165, 1.54) is 15.6 Å². The van der Waals surface area contributed by atoms with Crippen molar-refractivity contribution in [1.29, 1.82) is 0 Å². The maximum absolute atomic E-state index is 13.4. The third-order valence-corrected chi connectivity index (χ3v) is 8.72. The summed E-state index contributed by atoms with van der Waals surface area (Å²) in [6, 6.07) is 9.16. The van der Waals surface area contributed by atoms with Crippen molar-refractivity contribution in [3.8, 4) is 10.7 Å². The van der Waals surface area contributed by atoms with Crippen LogP contribution in [-0.2, 0) is 21.2 Å². The van der Waals surface area contributed by atoms with E-state index in [0.717, 1.165) is 5.56 Å². The van der Waals surface area contributed by atoms with E-state index in [1.807, 2.05) is 38.1 Å². The average molecular weight is 475 g/mol. The number of anilines is 1. The summed E-state index contributed by atoms with van der Waals surface area (Å²) in [4.78, 5) is 18.6. The molecule has 0 saturated carbocycles. The van der Waals surface area contributed by atoms with Crippen molar-refractivity contribution in [2.45, 2.75) is 44.9 Å². The second-order valence-corrected chi connectivity index (χ2v) is 11.1. The van der Waals surface area contributed by atoms with E-state index in [-0.39, 0.29) is 17.3 Å². The zero-order valence-electron chi connectivity index (χ0n) is 18.3. The van der Waals surface area contributed by atoms with Crippen LogP contribution in [0.15, 0.2) is 39.8 Å². The van der Waals surface area contributed by atoms with Gasteiger partial charge in [0.2, 0.25) is 27.6 Å².